The molecule has 136 valence electrons. The number of hydrogen-bond donors (Lipinski definition) is 0. The predicted octanol–water partition coefficient (Wildman–Crippen LogP) is 3.29. The molecule has 1 aromatic carbocycles. The Morgan fingerprint density at radius 3 is 2.75 bits per heavy atom. The highest BCUT2D eigenvalue weighted by Gasteiger charge is 2.10. The molecule has 0 fully saturated rings. The van der Waals surface area contributed by atoms with E-state index in [4.69, 9.17) is 0 Å². The lowest BCUT2D eigenvalue weighted by atomic mass is 10.0. The first-order chi connectivity index (χ1) is 13.7. The van der Waals surface area contributed by atoms with E-state index in [-0.39, 0.29) is 17.9 Å². The number of rotatable bonds is 3. The molecule has 0 aliphatic heterocycles. The second-order valence-corrected chi connectivity index (χ2v) is 6.47. The van der Waals surface area contributed by atoms with Gasteiger partial charge in [-0.3, -0.25) is 9.36 Å². The highest BCUT2D eigenvalue weighted by atomic mass is 19.1. The summed E-state index contributed by atoms with van der Waals surface area (Å²) in [6.07, 6.45) is 8.45. The Kier molecular flexibility index (Phi) is 3.72. The summed E-state index contributed by atoms with van der Waals surface area (Å²) in [5.41, 5.74) is 3.02. The Balaban J connectivity index is 1.50. The van der Waals surface area contributed by atoms with Crippen LogP contribution >= 0.6 is 0 Å². The fourth-order valence-corrected chi connectivity index (χ4v) is 3.24. The van der Waals surface area contributed by atoms with Gasteiger partial charge in [-0.25, -0.2) is 19.3 Å². The van der Waals surface area contributed by atoms with Crippen LogP contribution in [0.4, 0.5) is 4.39 Å². The van der Waals surface area contributed by atoms with Crippen LogP contribution in [0.1, 0.15) is 5.56 Å². The Hall–Kier alpha value is -3.87. The van der Waals surface area contributed by atoms with Crippen LogP contribution in [0.2, 0.25) is 0 Å². The van der Waals surface area contributed by atoms with E-state index in [0.717, 1.165) is 16.8 Å². The topological polar surface area (TPSA) is 65.1 Å². The van der Waals surface area contributed by atoms with Crippen molar-refractivity contribution in [1.29, 1.82) is 0 Å². The summed E-state index contributed by atoms with van der Waals surface area (Å²) in [5.74, 6) is -0.374. The monoisotopic (exact) mass is 371 g/mol. The molecule has 7 heteroatoms. The minimum Gasteiger partial charge on any atom is -0.306 e. The first-order valence-electron chi connectivity index (χ1n) is 8.71. The van der Waals surface area contributed by atoms with Gasteiger partial charge in [-0.05, 0) is 41.5 Å². The number of benzene rings is 1. The average Bonchev–Trinajstić information content (AvgIpc) is 3.19. The number of nitrogens with zero attached hydrogens (tertiary/aromatic N) is 5. The molecular formula is C21H14FN5O. The molecule has 4 aromatic heterocycles. The van der Waals surface area contributed by atoms with Crippen LogP contribution in [0.25, 0.3) is 27.8 Å². The molecule has 0 N–H and O–H groups in total. The molecule has 5 rings (SSSR count). The third kappa shape index (κ3) is 2.73. The van der Waals surface area contributed by atoms with E-state index in [1.165, 1.54) is 17.0 Å². The van der Waals surface area contributed by atoms with Crippen molar-refractivity contribution >= 4 is 16.7 Å². The standard InChI is InChI=1S/C21H14FN5O/c22-18-10-14(15-5-6-19-23-8-9-26(19)11-15)3-4-16(18)12-27-13-25-20-17(21(27)28)2-1-7-24-20/h1-11,13H,12H2. The summed E-state index contributed by atoms with van der Waals surface area (Å²) in [4.78, 5) is 25.0. The number of fused-ring (bicyclic) bond motifs is 2. The molecule has 0 aliphatic rings. The van der Waals surface area contributed by atoms with Gasteiger partial charge in [-0.15, -0.1) is 0 Å². The van der Waals surface area contributed by atoms with Gasteiger partial charge in [-0.1, -0.05) is 12.1 Å². The van der Waals surface area contributed by atoms with Crippen molar-refractivity contribution < 1.29 is 4.39 Å². The summed E-state index contributed by atoms with van der Waals surface area (Å²) in [5, 5.41) is 0.413. The lowest BCUT2D eigenvalue weighted by Gasteiger charge is -2.09. The van der Waals surface area contributed by atoms with Crippen molar-refractivity contribution in [3.8, 4) is 11.1 Å². The molecule has 0 aliphatic carbocycles. The SMILES string of the molecule is O=c1c2cccnc2ncn1Cc1ccc(-c2ccc3nccn3c2)cc1F. The third-order valence-corrected chi connectivity index (χ3v) is 4.71. The van der Waals surface area contributed by atoms with Crippen molar-refractivity contribution in [2.24, 2.45) is 0 Å². The van der Waals surface area contributed by atoms with Gasteiger partial charge in [0.15, 0.2) is 5.65 Å². The van der Waals surface area contributed by atoms with E-state index in [9.17, 15) is 9.18 Å². The number of hydrogen-bond acceptors (Lipinski definition) is 4. The zero-order chi connectivity index (χ0) is 19.1. The Morgan fingerprint density at radius 1 is 0.964 bits per heavy atom. The van der Waals surface area contributed by atoms with Crippen molar-refractivity contribution in [3.63, 3.8) is 0 Å². The van der Waals surface area contributed by atoms with Crippen LogP contribution in [0.3, 0.4) is 0 Å². The third-order valence-electron chi connectivity index (χ3n) is 4.71. The van der Waals surface area contributed by atoms with Gasteiger partial charge in [-0.2, -0.15) is 0 Å². The minimum absolute atomic E-state index is 0.101. The Bertz CT molecular complexity index is 1390. The van der Waals surface area contributed by atoms with E-state index >= 15 is 0 Å². The van der Waals surface area contributed by atoms with E-state index in [2.05, 4.69) is 15.0 Å². The summed E-state index contributed by atoms with van der Waals surface area (Å²) < 4.78 is 18.0. The van der Waals surface area contributed by atoms with Crippen LogP contribution in [0.15, 0.2) is 78.4 Å². The van der Waals surface area contributed by atoms with Crippen LogP contribution in [-0.2, 0) is 6.54 Å². The zero-order valence-corrected chi connectivity index (χ0v) is 14.7. The van der Waals surface area contributed by atoms with Crippen molar-refractivity contribution in [2.75, 3.05) is 0 Å². The molecule has 6 nitrogen and oxygen atoms in total. The molecule has 0 radical (unpaired) electrons. The van der Waals surface area contributed by atoms with Gasteiger partial charge in [0.2, 0.25) is 0 Å². The predicted molar refractivity (Wildman–Crippen MR) is 103 cm³/mol. The maximum absolute atomic E-state index is 14.8. The van der Waals surface area contributed by atoms with Crippen LogP contribution < -0.4 is 5.56 Å². The summed E-state index contributed by atoms with van der Waals surface area (Å²) in [6, 6.07) is 12.2. The van der Waals surface area contributed by atoms with Crippen LogP contribution in [0, 0.1) is 5.82 Å². The zero-order valence-electron chi connectivity index (χ0n) is 14.7. The Labute approximate surface area is 158 Å². The molecule has 0 amide bonds. The number of aromatic nitrogens is 5. The lowest BCUT2D eigenvalue weighted by molar-refractivity contribution is 0.595. The molecule has 5 aromatic rings. The maximum atomic E-state index is 14.8. The number of halogens is 1. The molecule has 0 saturated carbocycles. The summed E-state index contributed by atoms with van der Waals surface area (Å²) in [6.45, 7) is 0.101. The van der Waals surface area contributed by atoms with E-state index < -0.39 is 0 Å². The molecule has 4 heterocycles. The largest absolute Gasteiger partial charge is 0.306 e. The molecule has 0 atom stereocenters. The molecule has 0 spiro atoms. The summed E-state index contributed by atoms with van der Waals surface area (Å²) in [7, 11) is 0. The average molecular weight is 371 g/mol. The van der Waals surface area contributed by atoms with E-state index in [0.29, 0.717) is 16.6 Å². The normalized spacial score (nSPS) is 11.3. The molecule has 28 heavy (non-hydrogen) atoms. The minimum atomic E-state index is -0.374. The molecular weight excluding hydrogens is 357 g/mol. The quantitative estimate of drug-likeness (QED) is 0.488. The van der Waals surface area contributed by atoms with E-state index in [1.54, 1.807) is 30.6 Å². The second kappa shape index (κ2) is 6.38. The van der Waals surface area contributed by atoms with Gasteiger partial charge in [0.25, 0.3) is 5.56 Å². The van der Waals surface area contributed by atoms with Gasteiger partial charge < -0.3 is 4.40 Å². The van der Waals surface area contributed by atoms with Gasteiger partial charge >= 0.3 is 0 Å². The molecule has 0 saturated heterocycles. The van der Waals surface area contributed by atoms with Crippen molar-refractivity contribution in [2.45, 2.75) is 6.54 Å². The van der Waals surface area contributed by atoms with Gasteiger partial charge in [0, 0.05) is 30.4 Å². The lowest BCUT2D eigenvalue weighted by Crippen LogP contribution is -2.21. The smallest absolute Gasteiger partial charge is 0.263 e. The van der Waals surface area contributed by atoms with E-state index in [1.807, 2.05) is 35.0 Å². The number of pyridine rings is 2. The first-order valence-corrected chi connectivity index (χ1v) is 8.71. The summed E-state index contributed by atoms with van der Waals surface area (Å²) >= 11 is 0. The number of imidazole rings is 1. The van der Waals surface area contributed by atoms with Crippen molar-refractivity contribution in [3.05, 3.63) is 95.3 Å². The van der Waals surface area contributed by atoms with Crippen LogP contribution in [0.5, 0.6) is 0 Å². The molecule has 0 unspecified atom stereocenters. The maximum Gasteiger partial charge on any atom is 0.263 e. The second-order valence-electron chi connectivity index (χ2n) is 6.47. The highest BCUT2D eigenvalue weighted by molar-refractivity contribution is 5.72. The Morgan fingerprint density at radius 2 is 1.86 bits per heavy atom. The fourth-order valence-electron chi connectivity index (χ4n) is 3.24. The van der Waals surface area contributed by atoms with Crippen LogP contribution in [-0.4, -0.2) is 23.9 Å². The first kappa shape index (κ1) is 16.3. The fraction of sp³-hybridized carbons (Fsp3) is 0.0476. The van der Waals surface area contributed by atoms with Crippen molar-refractivity contribution in [1.82, 2.24) is 23.9 Å². The van der Waals surface area contributed by atoms with Gasteiger partial charge in [0.1, 0.15) is 17.8 Å². The molecule has 0 bridgehead atoms. The highest BCUT2D eigenvalue weighted by Crippen LogP contribution is 2.23. The van der Waals surface area contributed by atoms with Gasteiger partial charge in [0.05, 0.1) is 11.9 Å².